The van der Waals surface area contributed by atoms with Gasteiger partial charge in [-0.2, -0.15) is 0 Å². The fourth-order valence-corrected chi connectivity index (χ4v) is 2.76. The molecule has 0 aliphatic rings. The third kappa shape index (κ3) is 7.63. The first-order valence-electron chi connectivity index (χ1n) is 9.00. The van der Waals surface area contributed by atoms with E-state index >= 15 is 0 Å². The molecule has 0 saturated carbocycles. The summed E-state index contributed by atoms with van der Waals surface area (Å²) >= 11 is 0. The summed E-state index contributed by atoms with van der Waals surface area (Å²) in [5, 5.41) is 12.2. The van der Waals surface area contributed by atoms with Crippen molar-refractivity contribution in [3.05, 3.63) is 41.1 Å². The van der Waals surface area contributed by atoms with Gasteiger partial charge in [-0.05, 0) is 6.42 Å². The second-order valence-electron chi connectivity index (χ2n) is 6.48. The SMILES string of the molecule is CCCCCCCCCC(C)C=[N+]([O-])C(C)c1ccccc1. The van der Waals surface area contributed by atoms with Crippen LogP contribution < -0.4 is 0 Å². The van der Waals surface area contributed by atoms with Crippen molar-refractivity contribution in [2.24, 2.45) is 5.92 Å². The Balaban J connectivity index is 2.26. The van der Waals surface area contributed by atoms with E-state index in [1.165, 1.54) is 44.9 Å². The zero-order valence-corrected chi connectivity index (χ0v) is 14.6. The van der Waals surface area contributed by atoms with Gasteiger partial charge in [0.2, 0.25) is 0 Å². The molecule has 124 valence electrons. The van der Waals surface area contributed by atoms with Gasteiger partial charge in [0, 0.05) is 18.4 Å². The Kier molecular flexibility index (Phi) is 9.61. The molecule has 0 radical (unpaired) electrons. The lowest BCUT2D eigenvalue weighted by Crippen LogP contribution is -2.14. The highest BCUT2D eigenvalue weighted by Gasteiger charge is 2.13. The number of unbranched alkanes of at least 4 members (excludes halogenated alkanes) is 6. The van der Waals surface area contributed by atoms with Gasteiger partial charge in [0.05, 0.1) is 0 Å². The van der Waals surface area contributed by atoms with E-state index in [9.17, 15) is 5.21 Å². The molecule has 0 saturated heterocycles. The van der Waals surface area contributed by atoms with Crippen LogP contribution in [0.1, 0.15) is 83.7 Å². The van der Waals surface area contributed by atoms with Crippen LogP contribution in [0.4, 0.5) is 0 Å². The highest BCUT2D eigenvalue weighted by Crippen LogP contribution is 2.16. The van der Waals surface area contributed by atoms with Crippen LogP contribution in [0.25, 0.3) is 0 Å². The maximum atomic E-state index is 12.2. The number of nitrogens with zero attached hydrogens (tertiary/aromatic N) is 1. The summed E-state index contributed by atoms with van der Waals surface area (Å²) in [7, 11) is 0. The fourth-order valence-electron chi connectivity index (χ4n) is 2.76. The molecule has 0 aliphatic heterocycles. The number of hydroxylamine groups is 1. The van der Waals surface area contributed by atoms with Crippen LogP contribution in [0.2, 0.25) is 0 Å². The standard InChI is InChI=1S/C20H33NO/c1-4-5-6-7-8-9-11-14-18(2)17-21(22)19(3)20-15-12-10-13-16-20/h10,12-13,15-19H,4-9,11,14H2,1-3H3. The third-order valence-corrected chi connectivity index (χ3v) is 4.33. The molecule has 0 amide bonds. The first-order chi connectivity index (χ1) is 10.6. The number of rotatable bonds is 11. The molecule has 0 bridgehead atoms. The predicted molar refractivity (Wildman–Crippen MR) is 96.3 cm³/mol. The molecule has 1 aromatic carbocycles. The van der Waals surface area contributed by atoms with E-state index in [1.54, 1.807) is 0 Å². The van der Waals surface area contributed by atoms with Crippen molar-refractivity contribution in [1.29, 1.82) is 0 Å². The van der Waals surface area contributed by atoms with Gasteiger partial charge >= 0.3 is 0 Å². The van der Waals surface area contributed by atoms with Crippen molar-refractivity contribution >= 4 is 6.21 Å². The van der Waals surface area contributed by atoms with Crippen LogP contribution >= 0.6 is 0 Å². The average molecular weight is 303 g/mol. The molecular weight excluding hydrogens is 270 g/mol. The Labute approximate surface area is 136 Å². The van der Waals surface area contributed by atoms with Crippen molar-refractivity contribution in [2.75, 3.05) is 0 Å². The summed E-state index contributed by atoms with van der Waals surface area (Å²) in [5.41, 5.74) is 1.08. The van der Waals surface area contributed by atoms with E-state index in [0.717, 1.165) is 16.7 Å². The first kappa shape index (κ1) is 18.7. The Bertz CT molecular complexity index is 413. The van der Waals surface area contributed by atoms with Gasteiger partial charge in [-0.15, -0.1) is 0 Å². The molecule has 2 nitrogen and oxygen atoms in total. The molecule has 22 heavy (non-hydrogen) atoms. The minimum Gasteiger partial charge on any atom is -0.624 e. The molecule has 0 spiro atoms. The Morgan fingerprint density at radius 1 is 0.955 bits per heavy atom. The monoisotopic (exact) mass is 303 g/mol. The smallest absolute Gasteiger partial charge is 0.185 e. The molecule has 1 rings (SSSR count). The van der Waals surface area contributed by atoms with Crippen LogP contribution in [0, 0.1) is 11.1 Å². The van der Waals surface area contributed by atoms with Crippen LogP contribution in [-0.4, -0.2) is 11.0 Å². The van der Waals surface area contributed by atoms with Gasteiger partial charge in [-0.3, -0.25) is 0 Å². The van der Waals surface area contributed by atoms with Gasteiger partial charge in [0.15, 0.2) is 12.3 Å². The summed E-state index contributed by atoms with van der Waals surface area (Å²) in [6.45, 7) is 6.38. The molecule has 1 aromatic rings. The van der Waals surface area contributed by atoms with Crippen molar-refractivity contribution in [3.8, 4) is 0 Å². The zero-order valence-electron chi connectivity index (χ0n) is 14.6. The van der Waals surface area contributed by atoms with Crippen LogP contribution in [-0.2, 0) is 0 Å². The van der Waals surface area contributed by atoms with Gasteiger partial charge in [0.1, 0.15) is 0 Å². The average Bonchev–Trinajstić information content (AvgIpc) is 2.54. The lowest BCUT2D eigenvalue weighted by atomic mass is 10.0. The highest BCUT2D eigenvalue weighted by atomic mass is 16.5. The minimum atomic E-state index is -0.0994. The zero-order chi connectivity index (χ0) is 16.2. The molecule has 0 aliphatic carbocycles. The van der Waals surface area contributed by atoms with Gasteiger partial charge in [-0.25, -0.2) is 4.74 Å². The summed E-state index contributed by atoms with van der Waals surface area (Å²) in [5.74, 6) is 0.360. The number of hydrogen-bond donors (Lipinski definition) is 0. The lowest BCUT2D eigenvalue weighted by molar-refractivity contribution is -0.500. The molecule has 0 aromatic heterocycles. The van der Waals surface area contributed by atoms with Crippen molar-refractivity contribution in [1.82, 2.24) is 0 Å². The minimum absolute atomic E-state index is 0.0994. The van der Waals surface area contributed by atoms with Crippen molar-refractivity contribution < 1.29 is 4.74 Å². The van der Waals surface area contributed by atoms with E-state index in [0.29, 0.717) is 5.92 Å². The van der Waals surface area contributed by atoms with E-state index in [1.807, 2.05) is 43.5 Å². The van der Waals surface area contributed by atoms with E-state index < -0.39 is 0 Å². The second-order valence-corrected chi connectivity index (χ2v) is 6.48. The molecule has 2 unspecified atom stereocenters. The van der Waals surface area contributed by atoms with E-state index in [2.05, 4.69) is 13.8 Å². The fraction of sp³-hybridized carbons (Fsp3) is 0.650. The molecule has 0 heterocycles. The van der Waals surface area contributed by atoms with Gasteiger partial charge in [0.25, 0.3) is 0 Å². The number of hydrogen-bond acceptors (Lipinski definition) is 1. The Morgan fingerprint density at radius 2 is 1.55 bits per heavy atom. The van der Waals surface area contributed by atoms with Gasteiger partial charge in [-0.1, -0.05) is 89.1 Å². The van der Waals surface area contributed by atoms with E-state index in [-0.39, 0.29) is 6.04 Å². The summed E-state index contributed by atoms with van der Waals surface area (Å²) in [6, 6.07) is 9.90. The lowest BCUT2D eigenvalue weighted by Gasteiger charge is -2.15. The van der Waals surface area contributed by atoms with Gasteiger partial charge < -0.3 is 5.21 Å². The van der Waals surface area contributed by atoms with Crippen molar-refractivity contribution in [2.45, 2.75) is 78.2 Å². The summed E-state index contributed by atoms with van der Waals surface area (Å²) in [6.07, 6.45) is 12.3. The molecule has 2 heteroatoms. The Morgan fingerprint density at radius 3 is 2.18 bits per heavy atom. The van der Waals surface area contributed by atoms with E-state index in [4.69, 9.17) is 0 Å². The third-order valence-electron chi connectivity index (χ3n) is 4.33. The Hall–Kier alpha value is -1.31. The van der Waals surface area contributed by atoms with Crippen LogP contribution in [0.15, 0.2) is 30.3 Å². The quantitative estimate of drug-likeness (QED) is 0.159. The summed E-state index contributed by atoms with van der Waals surface area (Å²) in [4.78, 5) is 0. The topological polar surface area (TPSA) is 26.1 Å². The van der Waals surface area contributed by atoms with Crippen LogP contribution in [0.3, 0.4) is 0 Å². The second kappa shape index (κ2) is 11.3. The predicted octanol–water partition coefficient (Wildman–Crippen LogP) is 6.11. The molecular formula is C20H33NO. The van der Waals surface area contributed by atoms with Crippen LogP contribution in [0.5, 0.6) is 0 Å². The van der Waals surface area contributed by atoms with Crippen molar-refractivity contribution in [3.63, 3.8) is 0 Å². The normalized spacial score (nSPS) is 14.8. The number of benzene rings is 1. The maximum absolute atomic E-state index is 12.2. The largest absolute Gasteiger partial charge is 0.624 e. The maximum Gasteiger partial charge on any atom is 0.185 e. The highest BCUT2D eigenvalue weighted by molar-refractivity contribution is 5.54. The molecule has 2 atom stereocenters. The summed E-state index contributed by atoms with van der Waals surface area (Å²) < 4.78 is 1.13. The first-order valence-corrected chi connectivity index (χ1v) is 9.00. The molecule has 0 fully saturated rings. The molecule has 0 N–H and O–H groups in total.